The molecule has 0 saturated heterocycles. The fraction of sp³-hybridized carbons (Fsp3) is 0.360. The Morgan fingerprint density at radius 2 is 2.03 bits per heavy atom. The second kappa shape index (κ2) is 10.4. The molecule has 4 N–H and O–H groups in total. The molecule has 2 atom stereocenters. The predicted molar refractivity (Wildman–Crippen MR) is 132 cm³/mol. The monoisotopic (exact) mass is 445 g/mol. The summed E-state index contributed by atoms with van der Waals surface area (Å²) in [4.78, 5) is 9.55. The Kier molecular flexibility index (Phi) is 7.14. The molecule has 0 aliphatic heterocycles. The standard InChI is InChI=1S/C25H31N7O/c1-27-13-19(12-26)17-7-6-8-18(11-17)24-28-15-21(20-14-29-32(2)16-20)25(31-24)30-22-9-4-3-5-10-23(22)33/h6-8,11-16,22-23,26-27,33H,3-5,9-10H2,1-2H3,(H,28,30,31)/b19-13+,26-12?. The number of benzene rings is 1. The Bertz CT molecular complexity index is 1140. The van der Waals surface area contributed by atoms with Crippen LogP contribution >= 0.6 is 0 Å². The Labute approximate surface area is 194 Å². The molecule has 8 heteroatoms. The third-order valence-electron chi connectivity index (χ3n) is 6.02. The third-order valence-corrected chi connectivity index (χ3v) is 6.02. The van der Waals surface area contributed by atoms with Crippen LogP contribution in [-0.4, -0.2) is 50.3 Å². The van der Waals surface area contributed by atoms with Crippen molar-refractivity contribution in [1.82, 2.24) is 25.1 Å². The van der Waals surface area contributed by atoms with Gasteiger partial charge in [0.15, 0.2) is 5.82 Å². The van der Waals surface area contributed by atoms with Crippen molar-refractivity contribution in [3.63, 3.8) is 0 Å². The van der Waals surface area contributed by atoms with Gasteiger partial charge in [-0.05, 0) is 24.5 Å². The summed E-state index contributed by atoms with van der Waals surface area (Å²) in [5.41, 5.74) is 4.32. The lowest BCUT2D eigenvalue weighted by Gasteiger charge is -2.23. The van der Waals surface area contributed by atoms with Crippen molar-refractivity contribution in [3.8, 4) is 22.5 Å². The number of aryl methyl sites for hydroxylation is 1. The largest absolute Gasteiger partial charge is 0.393 e. The Morgan fingerprint density at radius 3 is 2.79 bits per heavy atom. The SMILES string of the molecule is CN/C=C(\C=N)c1cccc(-c2ncc(-c3cnn(C)c3)c(NC3CCCCCC3O)n2)c1. The molecule has 2 heterocycles. The molecule has 2 aromatic heterocycles. The Hall–Kier alpha value is -3.52. The number of aliphatic hydroxyl groups excluding tert-OH is 1. The molecule has 172 valence electrons. The minimum absolute atomic E-state index is 0.0555. The summed E-state index contributed by atoms with van der Waals surface area (Å²) in [5.74, 6) is 1.28. The smallest absolute Gasteiger partial charge is 0.161 e. The first-order valence-corrected chi connectivity index (χ1v) is 11.4. The van der Waals surface area contributed by atoms with E-state index in [2.05, 4.69) is 20.7 Å². The number of aromatic nitrogens is 4. The predicted octanol–water partition coefficient (Wildman–Crippen LogP) is 3.86. The van der Waals surface area contributed by atoms with Gasteiger partial charge in [-0.2, -0.15) is 5.10 Å². The molecule has 33 heavy (non-hydrogen) atoms. The van der Waals surface area contributed by atoms with Crippen molar-refractivity contribution < 1.29 is 5.11 Å². The molecule has 0 bridgehead atoms. The van der Waals surface area contributed by atoms with E-state index in [-0.39, 0.29) is 6.04 Å². The zero-order valence-corrected chi connectivity index (χ0v) is 19.1. The van der Waals surface area contributed by atoms with Gasteiger partial charge in [0.2, 0.25) is 0 Å². The molecule has 1 aliphatic carbocycles. The van der Waals surface area contributed by atoms with Crippen LogP contribution in [0.2, 0.25) is 0 Å². The van der Waals surface area contributed by atoms with Gasteiger partial charge in [0.1, 0.15) is 5.82 Å². The van der Waals surface area contributed by atoms with E-state index in [0.717, 1.165) is 59.9 Å². The van der Waals surface area contributed by atoms with Crippen LogP contribution in [0, 0.1) is 5.41 Å². The van der Waals surface area contributed by atoms with E-state index in [1.165, 1.54) is 6.21 Å². The molecule has 0 radical (unpaired) electrons. The maximum atomic E-state index is 10.7. The normalized spacial score (nSPS) is 19.1. The topological polar surface area (TPSA) is 112 Å². The van der Waals surface area contributed by atoms with Crippen molar-refractivity contribution in [3.05, 3.63) is 54.6 Å². The fourth-order valence-electron chi connectivity index (χ4n) is 4.24. The first-order valence-electron chi connectivity index (χ1n) is 11.4. The minimum atomic E-state index is -0.405. The quantitative estimate of drug-likeness (QED) is 0.325. The second-order valence-corrected chi connectivity index (χ2v) is 8.43. The second-order valence-electron chi connectivity index (χ2n) is 8.43. The molecular formula is C25H31N7O. The van der Waals surface area contributed by atoms with Crippen LogP contribution in [0.5, 0.6) is 0 Å². The van der Waals surface area contributed by atoms with Crippen molar-refractivity contribution in [2.75, 3.05) is 12.4 Å². The number of anilines is 1. The molecule has 1 aromatic carbocycles. The highest BCUT2D eigenvalue weighted by molar-refractivity contribution is 6.08. The average molecular weight is 446 g/mol. The molecule has 4 rings (SSSR count). The maximum Gasteiger partial charge on any atom is 0.161 e. The zero-order chi connectivity index (χ0) is 23.2. The van der Waals surface area contributed by atoms with Gasteiger partial charge in [-0.25, -0.2) is 9.97 Å². The summed E-state index contributed by atoms with van der Waals surface area (Å²) >= 11 is 0. The van der Waals surface area contributed by atoms with E-state index in [9.17, 15) is 5.11 Å². The number of nitrogens with one attached hydrogen (secondary N) is 3. The molecule has 3 aromatic rings. The number of nitrogens with zero attached hydrogens (tertiary/aromatic N) is 4. The fourth-order valence-corrected chi connectivity index (χ4v) is 4.24. The van der Waals surface area contributed by atoms with Crippen molar-refractivity contribution >= 4 is 17.6 Å². The first-order chi connectivity index (χ1) is 16.1. The van der Waals surface area contributed by atoms with E-state index < -0.39 is 6.10 Å². The van der Waals surface area contributed by atoms with Crippen molar-refractivity contribution in [1.29, 1.82) is 5.41 Å². The van der Waals surface area contributed by atoms with Crippen LogP contribution < -0.4 is 10.6 Å². The maximum absolute atomic E-state index is 10.7. The van der Waals surface area contributed by atoms with Crippen LogP contribution in [-0.2, 0) is 7.05 Å². The summed E-state index contributed by atoms with van der Waals surface area (Å²) in [6.07, 6.45) is 13.2. The Morgan fingerprint density at radius 1 is 1.18 bits per heavy atom. The molecule has 0 spiro atoms. The van der Waals surface area contributed by atoms with Gasteiger partial charge in [-0.1, -0.05) is 37.5 Å². The number of hydrogen-bond acceptors (Lipinski definition) is 7. The highest BCUT2D eigenvalue weighted by atomic mass is 16.3. The highest BCUT2D eigenvalue weighted by Crippen LogP contribution is 2.31. The van der Waals surface area contributed by atoms with Gasteiger partial charge < -0.3 is 21.1 Å². The molecule has 0 amide bonds. The lowest BCUT2D eigenvalue weighted by molar-refractivity contribution is 0.144. The van der Waals surface area contributed by atoms with Crippen LogP contribution in [0.4, 0.5) is 5.82 Å². The van der Waals surface area contributed by atoms with Crippen LogP contribution in [0.25, 0.3) is 28.1 Å². The molecule has 1 saturated carbocycles. The summed E-state index contributed by atoms with van der Waals surface area (Å²) in [5, 5.41) is 29.2. The van der Waals surface area contributed by atoms with E-state index in [4.69, 9.17) is 10.4 Å². The lowest BCUT2D eigenvalue weighted by Crippen LogP contribution is -2.33. The van der Waals surface area contributed by atoms with Crippen molar-refractivity contribution in [2.24, 2.45) is 7.05 Å². The van der Waals surface area contributed by atoms with E-state index in [1.54, 1.807) is 17.1 Å². The Balaban J connectivity index is 1.74. The van der Waals surface area contributed by atoms with Crippen LogP contribution in [0.1, 0.15) is 37.7 Å². The van der Waals surface area contributed by atoms with Crippen molar-refractivity contribution in [2.45, 2.75) is 44.2 Å². The van der Waals surface area contributed by atoms with Crippen LogP contribution in [0.15, 0.2) is 49.1 Å². The number of rotatable bonds is 7. The summed E-state index contributed by atoms with van der Waals surface area (Å²) in [6.45, 7) is 0. The van der Waals surface area contributed by atoms with Crippen LogP contribution in [0.3, 0.4) is 0 Å². The van der Waals surface area contributed by atoms with E-state index in [1.807, 2.05) is 50.8 Å². The number of allylic oxidation sites excluding steroid dienone is 1. The summed E-state index contributed by atoms with van der Waals surface area (Å²) in [7, 11) is 3.69. The van der Waals surface area contributed by atoms with E-state index in [0.29, 0.717) is 11.6 Å². The molecule has 1 aliphatic rings. The summed E-state index contributed by atoms with van der Waals surface area (Å²) < 4.78 is 1.75. The van der Waals surface area contributed by atoms with Gasteiger partial charge in [-0.3, -0.25) is 4.68 Å². The molecular weight excluding hydrogens is 414 g/mol. The van der Waals surface area contributed by atoms with Gasteiger partial charge in [0, 0.05) is 61.2 Å². The molecule has 2 unspecified atom stereocenters. The van der Waals surface area contributed by atoms with E-state index >= 15 is 0 Å². The summed E-state index contributed by atoms with van der Waals surface area (Å²) in [6, 6.07) is 7.80. The highest BCUT2D eigenvalue weighted by Gasteiger charge is 2.24. The number of hydrogen-bond donors (Lipinski definition) is 4. The third kappa shape index (κ3) is 5.28. The van der Waals surface area contributed by atoms with Gasteiger partial charge in [-0.15, -0.1) is 0 Å². The zero-order valence-electron chi connectivity index (χ0n) is 19.1. The number of aliphatic hydroxyl groups is 1. The first kappa shape index (κ1) is 22.7. The minimum Gasteiger partial charge on any atom is -0.393 e. The molecule has 1 fully saturated rings. The molecule has 8 nitrogen and oxygen atoms in total. The van der Waals surface area contributed by atoms with Gasteiger partial charge in [0.05, 0.1) is 18.3 Å². The average Bonchev–Trinajstić information content (AvgIpc) is 3.16. The van der Waals surface area contributed by atoms with Gasteiger partial charge >= 0.3 is 0 Å². The van der Waals surface area contributed by atoms with Gasteiger partial charge in [0.25, 0.3) is 0 Å². The lowest BCUT2D eigenvalue weighted by atomic mass is 10.0.